The van der Waals surface area contributed by atoms with Gasteiger partial charge >= 0.3 is 6.18 Å². The molecule has 4 aliphatic rings. The third kappa shape index (κ3) is 4.83. The molecule has 12 heteroatoms. The summed E-state index contributed by atoms with van der Waals surface area (Å²) in [5.74, 6) is -0.276. The molecule has 2 amide bonds. The van der Waals surface area contributed by atoms with E-state index in [9.17, 15) is 22.8 Å². The van der Waals surface area contributed by atoms with Gasteiger partial charge in [0.25, 0.3) is 0 Å². The van der Waals surface area contributed by atoms with E-state index in [1.54, 1.807) is 13.8 Å². The van der Waals surface area contributed by atoms with E-state index in [1.807, 2.05) is 16.8 Å². The number of amides is 2. The van der Waals surface area contributed by atoms with Gasteiger partial charge in [-0.15, -0.1) is 0 Å². The zero-order chi connectivity index (χ0) is 29.3. The number of halogens is 4. The molecule has 41 heavy (non-hydrogen) atoms. The fraction of sp³-hybridized carbons (Fsp3) is 0.586. The van der Waals surface area contributed by atoms with Crippen molar-refractivity contribution in [1.29, 1.82) is 0 Å². The van der Waals surface area contributed by atoms with Crippen LogP contribution in [0.1, 0.15) is 66.9 Å². The highest BCUT2D eigenvalue weighted by Gasteiger charge is 2.55. The Morgan fingerprint density at radius 2 is 1.93 bits per heavy atom. The number of rotatable bonds is 5. The van der Waals surface area contributed by atoms with Gasteiger partial charge < -0.3 is 20.0 Å². The molecule has 1 aromatic heterocycles. The van der Waals surface area contributed by atoms with Crippen molar-refractivity contribution in [3.05, 3.63) is 52.2 Å². The van der Waals surface area contributed by atoms with Crippen LogP contribution >= 0.6 is 0 Å². The van der Waals surface area contributed by atoms with Crippen LogP contribution in [0.2, 0.25) is 0 Å². The lowest BCUT2D eigenvalue weighted by Crippen LogP contribution is -2.56. The largest absolute Gasteiger partial charge is 0.419 e. The maximum Gasteiger partial charge on any atom is 0.419 e. The highest BCUT2D eigenvalue weighted by Crippen LogP contribution is 2.45. The van der Waals surface area contributed by atoms with Crippen molar-refractivity contribution in [2.75, 3.05) is 38.5 Å². The van der Waals surface area contributed by atoms with E-state index in [-0.39, 0.29) is 35.9 Å². The summed E-state index contributed by atoms with van der Waals surface area (Å²) in [6.45, 7) is 5.76. The molecule has 8 nitrogen and oxygen atoms in total. The predicted molar refractivity (Wildman–Crippen MR) is 142 cm³/mol. The number of hydrogen-bond acceptors (Lipinski definition) is 6. The first-order valence-electron chi connectivity index (χ1n) is 14.2. The molecule has 1 aromatic carbocycles. The molecule has 1 saturated carbocycles. The van der Waals surface area contributed by atoms with E-state index in [0.717, 1.165) is 18.9 Å². The fourth-order valence-electron chi connectivity index (χ4n) is 6.71. The maximum atomic E-state index is 15.0. The maximum absolute atomic E-state index is 15.0. The number of likely N-dealkylation sites (tertiary alicyclic amines) is 2. The number of carbonyl (C=O) groups excluding carboxylic acids is 2. The minimum Gasteiger partial charge on any atom is -0.363 e. The zero-order valence-corrected chi connectivity index (χ0v) is 23.4. The number of fused-ring (bicyclic) bond motifs is 2. The Kier molecular flexibility index (Phi) is 6.74. The van der Waals surface area contributed by atoms with Gasteiger partial charge in [0.05, 0.1) is 29.9 Å². The van der Waals surface area contributed by atoms with Crippen molar-refractivity contribution >= 4 is 17.6 Å². The van der Waals surface area contributed by atoms with Crippen LogP contribution in [-0.2, 0) is 27.7 Å². The lowest BCUT2D eigenvalue weighted by atomic mass is 9.76. The SMILES string of the molecule is Cc1nc(N[C@H](C)c2cccc(C(F)(F)F)c2F)c2c(n1)C1(CCN(C)C1)C(=O)N([C@@H]1CCN(C(=O)C3CC3)C1)C2. The second-order valence-electron chi connectivity index (χ2n) is 12.0. The minimum absolute atomic E-state index is 0.0129. The third-order valence-corrected chi connectivity index (χ3v) is 9.03. The smallest absolute Gasteiger partial charge is 0.363 e. The summed E-state index contributed by atoms with van der Waals surface area (Å²) < 4.78 is 55.2. The van der Waals surface area contributed by atoms with Gasteiger partial charge in [0.15, 0.2) is 0 Å². The predicted octanol–water partition coefficient (Wildman–Crippen LogP) is 4.04. The molecule has 2 saturated heterocycles. The Balaban J connectivity index is 1.36. The van der Waals surface area contributed by atoms with Crippen LogP contribution in [0.15, 0.2) is 18.2 Å². The molecule has 6 rings (SSSR count). The molecule has 1 aliphatic carbocycles. The van der Waals surface area contributed by atoms with E-state index in [0.29, 0.717) is 61.9 Å². The van der Waals surface area contributed by atoms with Crippen LogP contribution in [0.3, 0.4) is 0 Å². The minimum atomic E-state index is -4.82. The highest BCUT2D eigenvalue weighted by atomic mass is 19.4. The Hall–Kier alpha value is -3.28. The van der Waals surface area contributed by atoms with E-state index in [2.05, 4.69) is 15.2 Å². The Morgan fingerprint density at radius 1 is 1.17 bits per heavy atom. The van der Waals surface area contributed by atoms with Crippen LogP contribution in [0.4, 0.5) is 23.4 Å². The van der Waals surface area contributed by atoms with Gasteiger partial charge in [0, 0.05) is 36.7 Å². The Bertz CT molecular complexity index is 1400. The molecule has 4 heterocycles. The fourth-order valence-corrected chi connectivity index (χ4v) is 6.71. The van der Waals surface area contributed by atoms with Crippen LogP contribution in [0, 0.1) is 18.7 Å². The van der Waals surface area contributed by atoms with Crippen molar-refractivity contribution < 1.29 is 27.2 Å². The number of carbonyl (C=O) groups is 2. The van der Waals surface area contributed by atoms with Gasteiger partial charge in [-0.1, -0.05) is 12.1 Å². The molecule has 1 spiro atoms. The summed E-state index contributed by atoms with van der Waals surface area (Å²) >= 11 is 0. The monoisotopic (exact) mass is 574 g/mol. The molecule has 1 N–H and O–H groups in total. The first kappa shape index (κ1) is 27.9. The molecule has 3 atom stereocenters. The molecular formula is C29H34F4N6O2. The molecule has 220 valence electrons. The van der Waals surface area contributed by atoms with Crippen molar-refractivity contribution in [3.8, 4) is 0 Å². The van der Waals surface area contributed by atoms with E-state index < -0.39 is 29.0 Å². The van der Waals surface area contributed by atoms with Crippen LogP contribution < -0.4 is 5.32 Å². The van der Waals surface area contributed by atoms with Crippen molar-refractivity contribution in [1.82, 2.24) is 24.7 Å². The number of hydrogen-bond donors (Lipinski definition) is 1. The summed E-state index contributed by atoms with van der Waals surface area (Å²) in [6, 6.07) is 2.25. The van der Waals surface area contributed by atoms with Gasteiger partial charge in [-0.2, -0.15) is 13.2 Å². The number of nitrogens with zero attached hydrogens (tertiary/aromatic N) is 5. The summed E-state index contributed by atoms with van der Waals surface area (Å²) in [5, 5.41) is 3.17. The lowest BCUT2D eigenvalue weighted by molar-refractivity contribution is -0.142. The van der Waals surface area contributed by atoms with Crippen molar-refractivity contribution in [2.24, 2.45) is 5.92 Å². The molecule has 0 bridgehead atoms. The quantitative estimate of drug-likeness (QED) is 0.543. The van der Waals surface area contributed by atoms with Gasteiger partial charge in [-0.05, 0) is 59.2 Å². The topological polar surface area (TPSA) is 81.7 Å². The number of anilines is 1. The molecule has 3 aliphatic heterocycles. The number of likely N-dealkylation sites (N-methyl/N-ethyl adjacent to an activating group) is 1. The van der Waals surface area contributed by atoms with Crippen LogP contribution in [-0.4, -0.2) is 75.8 Å². The number of aromatic nitrogens is 2. The van der Waals surface area contributed by atoms with Gasteiger partial charge in [0.2, 0.25) is 11.8 Å². The second-order valence-corrected chi connectivity index (χ2v) is 12.0. The van der Waals surface area contributed by atoms with E-state index in [1.165, 1.54) is 12.1 Å². The van der Waals surface area contributed by atoms with Crippen molar-refractivity contribution in [2.45, 2.75) is 69.8 Å². The van der Waals surface area contributed by atoms with Crippen molar-refractivity contribution in [3.63, 3.8) is 0 Å². The standard InChI is InChI=1S/C29H34F4N6O2/c1-16(20-5-4-6-22(23(20)30)29(31,32)33)34-25-21-14-39(19-9-11-38(13-19)26(40)18-7-8-18)27(41)28(10-12-37(3)15-28)24(21)35-17(2)36-25/h4-6,16,18-19H,7-15H2,1-3H3,(H,34,35,36)/t16-,19-,28?/m1/s1. The normalized spacial score (nSPS) is 25.6. The summed E-state index contributed by atoms with van der Waals surface area (Å²) in [7, 11) is 1.96. The second kappa shape index (κ2) is 9.92. The zero-order valence-electron chi connectivity index (χ0n) is 23.4. The number of aryl methyl sites for hydroxylation is 1. The first-order chi connectivity index (χ1) is 19.4. The first-order valence-corrected chi connectivity index (χ1v) is 14.2. The highest BCUT2D eigenvalue weighted by molar-refractivity contribution is 5.91. The molecular weight excluding hydrogens is 540 g/mol. The lowest BCUT2D eigenvalue weighted by Gasteiger charge is -2.43. The Morgan fingerprint density at radius 3 is 2.59 bits per heavy atom. The van der Waals surface area contributed by atoms with Gasteiger partial charge in [0.1, 0.15) is 22.9 Å². The van der Waals surface area contributed by atoms with Gasteiger partial charge in [-0.25, -0.2) is 14.4 Å². The average Bonchev–Trinajstić information content (AvgIpc) is 3.51. The molecule has 2 aromatic rings. The summed E-state index contributed by atoms with van der Waals surface area (Å²) in [4.78, 5) is 42.2. The average molecular weight is 575 g/mol. The number of benzene rings is 1. The van der Waals surface area contributed by atoms with E-state index >= 15 is 4.39 Å². The third-order valence-electron chi connectivity index (χ3n) is 9.03. The molecule has 3 fully saturated rings. The number of alkyl halides is 3. The summed E-state index contributed by atoms with van der Waals surface area (Å²) in [6.07, 6.45) is -1.74. The molecule has 1 unspecified atom stereocenters. The summed E-state index contributed by atoms with van der Waals surface area (Å²) in [5.41, 5.74) is -1.03. The Labute approximate surface area is 236 Å². The van der Waals surface area contributed by atoms with Crippen LogP contribution in [0.5, 0.6) is 0 Å². The van der Waals surface area contributed by atoms with Crippen LogP contribution in [0.25, 0.3) is 0 Å². The number of nitrogens with one attached hydrogen (secondary N) is 1. The van der Waals surface area contributed by atoms with E-state index in [4.69, 9.17) is 4.98 Å². The molecule has 0 radical (unpaired) electrons. The van der Waals surface area contributed by atoms with Gasteiger partial charge in [-0.3, -0.25) is 9.59 Å².